The van der Waals surface area contributed by atoms with E-state index in [1.807, 2.05) is 0 Å². The van der Waals surface area contributed by atoms with Gasteiger partial charge in [0, 0.05) is 37.9 Å². The zero-order valence-corrected chi connectivity index (χ0v) is 11.6. The first-order valence-electron chi connectivity index (χ1n) is 7.20. The minimum atomic E-state index is 0.392. The normalized spacial score (nSPS) is 39.2. The third kappa shape index (κ3) is 2.83. The molecule has 0 radical (unpaired) electrons. The van der Waals surface area contributed by atoms with Crippen molar-refractivity contribution in [3.63, 3.8) is 0 Å². The smallest absolute Gasteiger partial charge is 0.0469 e. The van der Waals surface area contributed by atoms with Crippen molar-refractivity contribution >= 4 is 0 Å². The second kappa shape index (κ2) is 5.68. The molecule has 17 heavy (non-hydrogen) atoms. The summed E-state index contributed by atoms with van der Waals surface area (Å²) in [7, 11) is 0. The van der Waals surface area contributed by atoms with E-state index in [2.05, 4.69) is 25.7 Å². The van der Waals surface area contributed by atoms with Crippen molar-refractivity contribution in [3.05, 3.63) is 0 Å². The molecule has 2 aliphatic heterocycles. The van der Waals surface area contributed by atoms with Crippen molar-refractivity contribution in [1.82, 2.24) is 4.90 Å². The van der Waals surface area contributed by atoms with Gasteiger partial charge in [-0.15, -0.1) is 0 Å². The van der Waals surface area contributed by atoms with Crippen molar-refractivity contribution in [2.75, 3.05) is 19.8 Å². The van der Waals surface area contributed by atoms with E-state index in [-0.39, 0.29) is 0 Å². The van der Waals surface area contributed by atoms with Gasteiger partial charge in [-0.3, -0.25) is 4.90 Å². The van der Waals surface area contributed by atoms with Crippen LogP contribution in [-0.4, -0.2) is 42.8 Å². The fourth-order valence-electron chi connectivity index (χ4n) is 3.47. The molecule has 100 valence electrons. The second-order valence-corrected chi connectivity index (χ2v) is 5.98. The summed E-state index contributed by atoms with van der Waals surface area (Å²) in [6, 6.07) is 1.70. The SMILES string of the molecule is CC1C(N)CCN(C(C)C2CCOCC2)C1C. The van der Waals surface area contributed by atoms with Crippen LogP contribution in [0.15, 0.2) is 0 Å². The highest BCUT2D eigenvalue weighted by atomic mass is 16.5. The van der Waals surface area contributed by atoms with E-state index in [4.69, 9.17) is 10.5 Å². The average Bonchev–Trinajstić information content (AvgIpc) is 2.36. The molecule has 0 aliphatic carbocycles. The summed E-state index contributed by atoms with van der Waals surface area (Å²) in [6.45, 7) is 10.1. The summed E-state index contributed by atoms with van der Waals surface area (Å²) in [4.78, 5) is 2.68. The van der Waals surface area contributed by atoms with Gasteiger partial charge in [0.05, 0.1) is 0 Å². The number of rotatable bonds is 2. The molecule has 0 amide bonds. The summed E-state index contributed by atoms with van der Waals surface area (Å²) in [5.74, 6) is 1.43. The van der Waals surface area contributed by atoms with E-state index < -0.39 is 0 Å². The predicted molar refractivity (Wildman–Crippen MR) is 70.9 cm³/mol. The van der Waals surface area contributed by atoms with E-state index in [1.165, 1.54) is 19.4 Å². The van der Waals surface area contributed by atoms with Crippen LogP contribution in [0.4, 0.5) is 0 Å². The topological polar surface area (TPSA) is 38.5 Å². The maximum Gasteiger partial charge on any atom is 0.0469 e. The lowest BCUT2D eigenvalue weighted by Gasteiger charge is -2.47. The predicted octanol–water partition coefficient (Wildman–Crippen LogP) is 1.86. The Kier molecular flexibility index (Phi) is 4.45. The molecule has 2 aliphatic rings. The Labute approximate surface area is 106 Å². The fraction of sp³-hybridized carbons (Fsp3) is 1.00. The number of ether oxygens (including phenoxy) is 1. The molecule has 2 N–H and O–H groups in total. The Bertz CT molecular complexity index is 240. The van der Waals surface area contributed by atoms with E-state index in [0.717, 1.165) is 25.6 Å². The minimum absolute atomic E-state index is 0.392. The molecule has 3 heteroatoms. The first kappa shape index (κ1) is 13.3. The Morgan fingerprint density at radius 2 is 1.82 bits per heavy atom. The third-order valence-electron chi connectivity index (χ3n) is 5.15. The zero-order chi connectivity index (χ0) is 12.4. The fourth-order valence-corrected chi connectivity index (χ4v) is 3.47. The van der Waals surface area contributed by atoms with Crippen LogP contribution in [0.5, 0.6) is 0 Å². The van der Waals surface area contributed by atoms with Gasteiger partial charge in [-0.2, -0.15) is 0 Å². The number of nitrogens with two attached hydrogens (primary N) is 1. The first-order valence-corrected chi connectivity index (χ1v) is 7.20. The molecule has 0 aromatic rings. The van der Waals surface area contributed by atoms with Crippen molar-refractivity contribution in [2.45, 2.75) is 58.2 Å². The first-order chi connectivity index (χ1) is 8.11. The van der Waals surface area contributed by atoms with Gasteiger partial charge in [0.2, 0.25) is 0 Å². The minimum Gasteiger partial charge on any atom is -0.381 e. The summed E-state index contributed by atoms with van der Waals surface area (Å²) in [5.41, 5.74) is 6.16. The highest BCUT2D eigenvalue weighted by Gasteiger charge is 2.35. The van der Waals surface area contributed by atoms with Crippen molar-refractivity contribution in [1.29, 1.82) is 0 Å². The molecule has 0 bridgehead atoms. The van der Waals surface area contributed by atoms with E-state index in [0.29, 0.717) is 24.0 Å². The maximum atomic E-state index is 6.16. The maximum absolute atomic E-state index is 6.16. The van der Waals surface area contributed by atoms with Crippen molar-refractivity contribution < 1.29 is 4.74 Å². The molecule has 4 unspecified atom stereocenters. The Morgan fingerprint density at radius 1 is 1.18 bits per heavy atom. The van der Waals surface area contributed by atoms with Gasteiger partial charge < -0.3 is 10.5 Å². The molecule has 0 spiro atoms. The van der Waals surface area contributed by atoms with Gasteiger partial charge in [-0.1, -0.05) is 6.92 Å². The largest absolute Gasteiger partial charge is 0.381 e. The van der Waals surface area contributed by atoms with Crippen LogP contribution in [0.3, 0.4) is 0 Å². The van der Waals surface area contributed by atoms with Crippen LogP contribution in [0, 0.1) is 11.8 Å². The van der Waals surface area contributed by atoms with Crippen molar-refractivity contribution in [2.24, 2.45) is 17.6 Å². The van der Waals surface area contributed by atoms with Gasteiger partial charge in [-0.25, -0.2) is 0 Å². The summed E-state index contributed by atoms with van der Waals surface area (Å²) >= 11 is 0. The van der Waals surface area contributed by atoms with Crippen molar-refractivity contribution in [3.8, 4) is 0 Å². The highest BCUT2D eigenvalue weighted by molar-refractivity contribution is 4.91. The molecule has 0 aromatic carbocycles. The second-order valence-electron chi connectivity index (χ2n) is 5.98. The standard InChI is InChI=1S/C14H28N2O/c1-10-11(2)16(7-4-14(10)15)12(3)13-5-8-17-9-6-13/h10-14H,4-9,15H2,1-3H3. The molecular formula is C14H28N2O. The summed E-state index contributed by atoms with van der Waals surface area (Å²) < 4.78 is 5.46. The number of hydrogen-bond acceptors (Lipinski definition) is 3. The molecule has 2 rings (SSSR count). The van der Waals surface area contributed by atoms with E-state index >= 15 is 0 Å². The quantitative estimate of drug-likeness (QED) is 0.800. The van der Waals surface area contributed by atoms with Crippen LogP contribution in [0.2, 0.25) is 0 Å². The monoisotopic (exact) mass is 240 g/mol. The van der Waals surface area contributed by atoms with Crippen LogP contribution >= 0.6 is 0 Å². The average molecular weight is 240 g/mol. The summed E-state index contributed by atoms with van der Waals surface area (Å²) in [6.07, 6.45) is 3.61. The molecule has 0 aromatic heterocycles. The van der Waals surface area contributed by atoms with E-state index in [1.54, 1.807) is 0 Å². The highest BCUT2D eigenvalue weighted by Crippen LogP contribution is 2.30. The van der Waals surface area contributed by atoms with Crippen LogP contribution in [0.1, 0.15) is 40.0 Å². The number of hydrogen-bond donors (Lipinski definition) is 1. The lowest BCUT2D eigenvalue weighted by Crippen LogP contribution is -2.56. The Hall–Kier alpha value is -0.120. The number of piperidine rings is 1. The third-order valence-corrected chi connectivity index (χ3v) is 5.15. The van der Waals surface area contributed by atoms with Gasteiger partial charge in [-0.05, 0) is 44.9 Å². The summed E-state index contributed by atoms with van der Waals surface area (Å²) in [5, 5.41) is 0. The lowest BCUT2D eigenvalue weighted by molar-refractivity contribution is -0.00516. The zero-order valence-electron chi connectivity index (χ0n) is 11.6. The van der Waals surface area contributed by atoms with Crippen LogP contribution in [-0.2, 0) is 4.74 Å². The van der Waals surface area contributed by atoms with Gasteiger partial charge >= 0.3 is 0 Å². The molecule has 2 saturated heterocycles. The van der Waals surface area contributed by atoms with Gasteiger partial charge in [0.15, 0.2) is 0 Å². The number of likely N-dealkylation sites (tertiary alicyclic amines) is 1. The van der Waals surface area contributed by atoms with E-state index in [9.17, 15) is 0 Å². The molecule has 2 fully saturated rings. The molecular weight excluding hydrogens is 212 g/mol. The van der Waals surface area contributed by atoms with Gasteiger partial charge in [0.25, 0.3) is 0 Å². The van der Waals surface area contributed by atoms with Gasteiger partial charge in [0.1, 0.15) is 0 Å². The number of nitrogens with zero attached hydrogens (tertiary/aromatic N) is 1. The van der Waals surface area contributed by atoms with Crippen LogP contribution in [0.25, 0.3) is 0 Å². The lowest BCUT2D eigenvalue weighted by atomic mass is 9.83. The van der Waals surface area contributed by atoms with Crippen LogP contribution < -0.4 is 5.73 Å². The Balaban J connectivity index is 1.96. The molecule has 4 atom stereocenters. The molecule has 3 nitrogen and oxygen atoms in total. The molecule has 0 saturated carbocycles. The molecule has 2 heterocycles. The Morgan fingerprint density at radius 3 is 2.47 bits per heavy atom.